The van der Waals surface area contributed by atoms with Gasteiger partial charge in [-0.25, -0.2) is 0 Å². The maximum atomic E-state index is 12.5. The van der Waals surface area contributed by atoms with Gasteiger partial charge in [-0.1, -0.05) is 18.2 Å². The Kier molecular flexibility index (Phi) is 4.32. The largest absolute Gasteiger partial charge is 0.416 e. The number of alkyl halides is 3. The molecule has 0 fully saturated rings. The highest BCUT2D eigenvalue weighted by atomic mass is 19.4. The number of hydrogen-bond donors (Lipinski definition) is 1. The molecule has 1 N–H and O–H groups in total. The van der Waals surface area contributed by atoms with Crippen molar-refractivity contribution in [1.29, 1.82) is 5.26 Å². The predicted octanol–water partition coefficient (Wildman–Crippen LogP) is 2.71. The van der Waals surface area contributed by atoms with E-state index in [2.05, 4.69) is 5.32 Å². The maximum Gasteiger partial charge on any atom is 0.416 e. The molecule has 16 heavy (non-hydrogen) atoms. The minimum atomic E-state index is -4.33. The Morgan fingerprint density at radius 1 is 1.25 bits per heavy atom. The molecule has 0 radical (unpaired) electrons. The smallest absolute Gasteiger partial charge is 0.312 e. The van der Waals surface area contributed by atoms with Crippen LogP contribution in [-0.2, 0) is 12.7 Å². The van der Waals surface area contributed by atoms with Crippen LogP contribution < -0.4 is 5.32 Å². The second-order valence-electron chi connectivity index (χ2n) is 3.24. The summed E-state index contributed by atoms with van der Waals surface area (Å²) in [5.41, 5.74) is -0.424. The molecule has 0 atom stereocenters. The molecule has 0 spiro atoms. The number of benzene rings is 1. The average molecular weight is 228 g/mol. The summed E-state index contributed by atoms with van der Waals surface area (Å²) in [5.74, 6) is 0. The van der Waals surface area contributed by atoms with Crippen LogP contribution in [0.15, 0.2) is 24.3 Å². The van der Waals surface area contributed by atoms with Crippen LogP contribution in [0.2, 0.25) is 0 Å². The predicted molar refractivity (Wildman–Crippen MR) is 53.4 cm³/mol. The Bertz CT molecular complexity index is 380. The molecule has 1 aromatic rings. The second kappa shape index (κ2) is 5.52. The van der Waals surface area contributed by atoms with Gasteiger partial charge in [0.2, 0.25) is 0 Å². The number of hydrogen-bond acceptors (Lipinski definition) is 2. The summed E-state index contributed by atoms with van der Waals surface area (Å²) >= 11 is 0. The first-order chi connectivity index (χ1) is 7.55. The highest BCUT2D eigenvalue weighted by molar-refractivity contribution is 5.29. The minimum absolute atomic E-state index is 0.122. The summed E-state index contributed by atoms with van der Waals surface area (Å²) in [6.07, 6.45) is -4.04. The van der Waals surface area contributed by atoms with E-state index >= 15 is 0 Å². The molecule has 2 nitrogen and oxygen atoms in total. The van der Waals surface area contributed by atoms with Crippen molar-refractivity contribution < 1.29 is 13.2 Å². The lowest BCUT2D eigenvalue weighted by atomic mass is 10.1. The summed E-state index contributed by atoms with van der Waals surface area (Å²) in [4.78, 5) is 0. The second-order valence-corrected chi connectivity index (χ2v) is 3.24. The van der Waals surface area contributed by atoms with Gasteiger partial charge in [-0.15, -0.1) is 0 Å². The standard InChI is InChI=1S/C11H11F3N2/c12-11(13,14)10-5-2-1-4-9(10)8-16-7-3-6-15/h1-2,4-5,16H,3,7-8H2. The molecular weight excluding hydrogens is 217 g/mol. The van der Waals surface area contributed by atoms with E-state index in [1.165, 1.54) is 12.1 Å². The van der Waals surface area contributed by atoms with Crippen molar-refractivity contribution in [2.75, 3.05) is 6.54 Å². The van der Waals surface area contributed by atoms with Crippen LogP contribution in [0, 0.1) is 11.3 Å². The van der Waals surface area contributed by atoms with Crippen molar-refractivity contribution in [3.8, 4) is 6.07 Å². The first kappa shape index (κ1) is 12.5. The van der Waals surface area contributed by atoms with Gasteiger partial charge in [0.15, 0.2) is 0 Å². The molecular formula is C11H11F3N2. The highest BCUT2D eigenvalue weighted by Crippen LogP contribution is 2.31. The van der Waals surface area contributed by atoms with Gasteiger partial charge in [-0.2, -0.15) is 18.4 Å². The molecule has 1 aromatic carbocycles. The number of nitriles is 1. The topological polar surface area (TPSA) is 35.8 Å². The molecule has 0 bridgehead atoms. The van der Waals surface area contributed by atoms with E-state index in [1.54, 1.807) is 6.07 Å². The molecule has 0 unspecified atom stereocenters. The Hall–Kier alpha value is -1.54. The third-order valence-electron chi connectivity index (χ3n) is 2.05. The summed E-state index contributed by atoms with van der Waals surface area (Å²) in [6, 6.07) is 7.33. The highest BCUT2D eigenvalue weighted by Gasteiger charge is 2.32. The first-order valence-electron chi connectivity index (χ1n) is 4.78. The minimum Gasteiger partial charge on any atom is -0.312 e. The molecule has 86 valence electrons. The summed E-state index contributed by atoms with van der Waals surface area (Å²) in [5, 5.41) is 11.1. The van der Waals surface area contributed by atoms with Crippen LogP contribution in [0.4, 0.5) is 13.2 Å². The van der Waals surface area contributed by atoms with Crippen LogP contribution in [0.5, 0.6) is 0 Å². The zero-order valence-electron chi connectivity index (χ0n) is 8.51. The van der Waals surface area contributed by atoms with Crippen LogP contribution in [0.3, 0.4) is 0 Å². The lowest BCUT2D eigenvalue weighted by Crippen LogP contribution is -2.18. The summed E-state index contributed by atoms with van der Waals surface area (Å²) in [7, 11) is 0. The van der Waals surface area contributed by atoms with Crippen molar-refractivity contribution in [1.82, 2.24) is 5.32 Å². The molecule has 0 aliphatic rings. The fourth-order valence-electron chi connectivity index (χ4n) is 1.32. The molecule has 0 aliphatic carbocycles. The van der Waals surface area contributed by atoms with Gasteiger partial charge in [0.05, 0.1) is 11.6 Å². The van der Waals surface area contributed by atoms with Crippen molar-refractivity contribution in [3.63, 3.8) is 0 Å². The average Bonchev–Trinajstić information content (AvgIpc) is 2.24. The molecule has 0 heterocycles. The van der Waals surface area contributed by atoms with Crippen LogP contribution in [-0.4, -0.2) is 6.54 Å². The van der Waals surface area contributed by atoms with Gasteiger partial charge in [0.25, 0.3) is 0 Å². The quantitative estimate of drug-likeness (QED) is 0.804. The molecule has 0 aromatic heterocycles. The molecule has 0 saturated heterocycles. The van der Waals surface area contributed by atoms with Gasteiger partial charge in [0, 0.05) is 19.5 Å². The SMILES string of the molecule is N#CCCNCc1ccccc1C(F)(F)F. The van der Waals surface area contributed by atoms with Gasteiger partial charge in [-0.3, -0.25) is 0 Å². The number of halogens is 3. The number of nitrogens with one attached hydrogen (secondary N) is 1. The van der Waals surface area contributed by atoms with E-state index in [9.17, 15) is 13.2 Å². The maximum absolute atomic E-state index is 12.5. The Labute approximate surface area is 91.7 Å². The van der Waals surface area contributed by atoms with Crippen molar-refractivity contribution in [3.05, 3.63) is 35.4 Å². The molecule has 0 saturated carbocycles. The Morgan fingerprint density at radius 3 is 2.56 bits per heavy atom. The Morgan fingerprint density at radius 2 is 1.94 bits per heavy atom. The summed E-state index contributed by atoms with van der Waals surface area (Å²) in [6.45, 7) is 0.514. The fraction of sp³-hybridized carbons (Fsp3) is 0.364. The summed E-state index contributed by atoms with van der Waals surface area (Å²) < 4.78 is 37.6. The van der Waals surface area contributed by atoms with E-state index in [4.69, 9.17) is 5.26 Å². The third kappa shape index (κ3) is 3.55. The molecule has 5 heteroatoms. The fourth-order valence-corrected chi connectivity index (χ4v) is 1.32. The van der Waals surface area contributed by atoms with E-state index in [0.29, 0.717) is 6.54 Å². The van der Waals surface area contributed by atoms with Gasteiger partial charge >= 0.3 is 6.18 Å². The van der Waals surface area contributed by atoms with Gasteiger partial charge < -0.3 is 5.32 Å². The zero-order chi connectivity index (χ0) is 12.0. The normalized spacial score (nSPS) is 11.1. The van der Waals surface area contributed by atoms with Crippen molar-refractivity contribution in [2.24, 2.45) is 0 Å². The third-order valence-corrected chi connectivity index (χ3v) is 2.05. The lowest BCUT2D eigenvalue weighted by molar-refractivity contribution is -0.138. The van der Waals surface area contributed by atoms with Crippen LogP contribution >= 0.6 is 0 Å². The number of rotatable bonds is 4. The zero-order valence-corrected chi connectivity index (χ0v) is 8.51. The molecule has 0 aliphatic heterocycles. The molecule has 1 rings (SSSR count). The van der Waals surface area contributed by atoms with E-state index in [0.717, 1.165) is 6.07 Å². The monoisotopic (exact) mass is 228 g/mol. The van der Waals surface area contributed by atoms with Gasteiger partial charge in [0.1, 0.15) is 0 Å². The molecule has 0 amide bonds. The first-order valence-corrected chi connectivity index (χ1v) is 4.78. The van der Waals surface area contributed by atoms with Crippen molar-refractivity contribution >= 4 is 0 Å². The van der Waals surface area contributed by atoms with Gasteiger partial charge in [-0.05, 0) is 11.6 Å². The lowest BCUT2D eigenvalue weighted by Gasteiger charge is -2.12. The van der Waals surface area contributed by atoms with Crippen LogP contribution in [0.1, 0.15) is 17.5 Å². The van der Waals surface area contributed by atoms with Crippen LogP contribution in [0.25, 0.3) is 0 Å². The van der Waals surface area contributed by atoms with E-state index in [-0.39, 0.29) is 18.5 Å². The van der Waals surface area contributed by atoms with E-state index in [1.807, 2.05) is 6.07 Å². The number of nitrogens with zero attached hydrogens (tertiary/aromatic N) is 1. The Balaban J connectivity index is 2.69. The van der Waals surface area contributed by atoms with Crippen molar-refractivity contribution in [2.45, 2.75) is 19.1 Å². The van der Waals surface area contributed by atoms with E-state index < -0.39 is 11.7 Å².